The molecule has 1 rings (SSSR count). The lowest BCUT2D eigenvalue weighted by atomic mass is 10.2. The summed E-state index contributed by atoms with van der Waals surface area (Å²) in [7, 11) is 1.55. The Balaban J connectivity index is 2.33. The van der Waals surface area contributed by atoms with Gasteiger partial charge in [-0.15, -0.1) is 0 Å². The predicted octanol–water partition coefficient (Wildman–Crippen LogP) is 1.94. The van der Waals surface area contributed by atoms with Crippen LogP contribution in [0, 0.1) is 0 Å². The van der Waals surface area contributed by atoms with Crippen LogP contribution in [0.4, 0.5) is 0 Å². The SMILES string of the molecule is COc1ccc(COC(=O)C(=O)OOOC(C)(C)C)cc1. The molecule has 1 aromatic rings. The number of carbonyl (C=O) groups is 2. The normalized spacial score (nSPS) is 10.9. The Morgan fingerprint density at radius 3 is 2.19 bits per heavy atom. The minimum absolute atomic E-state index is 0.0714. The summed E-state index contributed by atoms with van der Waals surface area (Å²) in [5, 5.41) is 4.20. The van der Waals surface area contributed by atoms with Crippen LogP contribution in [0.25, 0.3) is 0 Å². The maximum absolute atomic E-state index is 11.3. The van der Waals surface area contributed by atoms with Crippen LogP contribution in [0.1, 0.15) is 26.3 Å². The van der Waals surface area contributed by atoms with Crippen molar-refractivity contribution < 1.29 is 33.9 Å². The molecule has 0 aliphatic carbocycles. The van der Waals surface area contributed by atoms with Crippen LogP contribution in [0.5, 0.6) is 5.75 Å². The molecular formula is C14H18O7. The molecule has 7 heteroatoms. The molecule has 0 amide bonds. The highest BCUT2D eigenvalue weighted by atomic mass is 17.5. The van der Waals surface area contributed by atoms with Crippen molar-refractivity contribution in [1.82, 2.24) is 0 Å². The van der Waals surface area contributed by atoms with Crippen LogP contribution in [0.3, 0.4) is 0 Å². The molecule has 0 unspecified atom stereocenters. The maximum atomic E-state index is 11.3. The van der Waals surface area contributed by atoms with Crippen LogP contribution in [0.2, 0.25) is 0 Å². The third kappa shape index (κ3) is 6.73. The van der Waals surface area contributed by atoms with E-state index in [1.165, 1.54) is 0 Å². The summed E-state index contributed by atoms with van der Waals surface area (Å²) in [6, 6.07) is 6.83. The van der Waals surface area contributed by atoms with Gasteiger partial charge in [-0.05, 0) is 43.5 Å². The third-order valence-electron chi connectivity index (χ3n) is 2.09. The molecule has 0 spiro atoms. The Kier molecular flexibility index (Phi) is 6.13. The number of benzene rings is 1. The Hall–Kier alpha value is -2.12. The van der Waals surface area contributed by atoms with E-state index in [1.54, 1.807) is 52.1 Å². The lowest BCUT2D eigenvalue weighted by Crippen LogP contribution is -2.24. The fourth-order valence-corrected chi connectivity index (χ4v) is 1.11. The van der Waals surface area contributed by atoms with Crippen molar-refractivity contribution in [1.29, 1.82) is 0 Å². The first-order valence-corrected chi connectivity index (χ1v) is 6.18. The second kappa shape index (κ2) is 7.61. The van der Waals surface area contributed by atoms with Gasteiger partial charge in [-0.3, -0.25) is 4.89 Å². The van der Waals surface area contributed by atoms with Crippen molar-refractivity contribution in [2.24, 2.45) is 0 Å². The summed E-state index contributed by atoms with van der Waals surface area (Å²) in [6.07, 6.45) is 0. The van der Waals surface area contributed by atoms with Crippen LogP contribution in [-0.2, 0) is 35.7 Å². The second-order valence-corrected chi connectivity index (χ2v) is 5.06. The highest BCUT2D eigenvalue weighted by Gasteiger charge is 2.21. The topological polar surface area (TPSA) is 80.3 Å². The van der Waals surface area contributed by atoms with Crippen molar-refractivity contribution in [3.8, 4) is 5.75 Å². The quantitative estimate of drug-likeness (QED) is 0.355. The van der Waals surface area contributed by atoms with E-state index in [9.17, 15) is 9.59 Å². The van der Waals surface area contributed by atoms with Crippen LogP contribution >= 0.6 is 0 Å². The molecule has 0 saturated heterocycles. The average Bonchev–Trinajstić information content (AvgIpc) is 2.43. The molecule has 0 radical (unpaired) electrons. The zero-order valence-electron chi connectivity index (χ0n) is 12.4. The van der Waals surface area contributed by atoms with E-state index in [2.05, 4.69) is 14.8 Å². The zero-order chi connectivity index (χ0) is 15.9. The molecule has 0 saturated carbocycles. The number of methoxy groups -OCH3 is 1. The molecule has 0 atom stereocenters. The molecule has 7 nitrogen and oxygen atoms in total. The highest BCUT2D eigenvalue weighted by molar-refractivity contribution is 6.29. The second-order valence-electron chi connectivity index (χ2n) is 5.06. The van der Waals surface area contributed by atoms with Gasteiger partial charge in [-0.1, -0.05) is 12.1 Å². The standard InChI is InChI=1S/C14H18O7/c1-14(2,3)20-21-19-13(16)12(15)18-9-10-5-7-11(17-4)8-6-10/h5-8H,9H2,1-4H3. The van der Waals surface area contributed by atoms with Gasteiger partial charge in [0, 0.05) is 0 Å². The summed E-state index contributed by atoms with van der Waals surface area (Å²) in [5.41, 5.74) is 0.0246. The summed E-state index contributed by atoms with van der Waals surface area (Å²) < 4.78 is 9.75. The number of carbonyl (C=O) groups excluding carboxylic acids is 2. The lowest BCUT2D eigenvalue weighted by molar-refractivity contribution is -0.513. The fraction of sp³-hybridized carbons (Fsp3) is 0.429. The van der Waals surface area contributed by atoms with Gasteiger partial charge in [0.25, 0.3) is 0 Å². The van der Waals surface area contributed by atoms with Gasteiger partial charge in [0.15, 0.2) is 0 Å². The largest absolute Gasteiger partial charge is 0.497 e. The molecule has 21 heavy (non-hydrogen) atoms. The molecule has 116 valence electrons. The first-order chi connectivity index (χ1) is 9.81. The van der Waals surface area contributed by atoms with Gasteiger partial charge in [-0.25, -0.2) is 9.59 Å². The van der Waals surface area contributed by atoms with Crippen molar-refractivity contribution in [2.75, 3.05) is 7.11 Å². The van der Waals surface area contributed by atoms with Gasteiger partial charge in [0.1, 0.15) is 12.4 Å². The first kappa shape index (κ1) is 16.9. The molecular weight excluding hydrogens is 280 g/mol. The lowest BCUT2D eigenvalue weighted by Gasteiger charge is -2.14. The summed E-state index contributed by atoms with van der Waals surface area (Å²) >= 11 is 0. The molecule has 0 fully saturated rings. The molecule has 0 bridgehead atoms. The molecule has 0 aromatic heterocycles. The maximum Gasteiger partial charge on any atom is 0.453 e. The van der Waals surface area contributed by atoms with Crippen LogP contribution < -0.4 is 4.74 Å². The van der Waals surface area contributed by atoms with Crippen LogP contribution in [-0.4, -0.2) is 24.6 Å². The van der Waals surface area contributed by atoms with E-state index in [1.807, 2.05) is 0 Å². The minimum Gasteiger partial charge on any atom is -0.497 e. The molecule has 0 N–H and O–H groups in total. The van der Waals surface area contributed by atoms with Crippen molar-refractivity contribution in [2.45, 2.75) is 33.0 Å². The Morgan fingerprint density at radius 1 is 1.05 bits per heavy atom. The van der Waals surface area contributed by atoms with Gasteiger partial charge in [0.2, 0.25) is 0 Å². The third-order valence-corrected chi connectivity index (χ3v) is 2.09. The number of rotatable bonds is 5. The Morgan fingerprint density at radius 2 is 1.67 bits per heavy atom. The van der Waals surface area contributed by atoms with Crippen molar-refractivity contribution in [3.63, 3.8) is 0 Å². The predicted molar refractivity (Wildman–Crippen MR) is 70.8 cm³/mol. The Labute approximate surface area is 122 Å². The number of hydrogen-bond acceptors (Lipinski definition) is 7. The van der Waals surface area contributed by atoms with Crippen LogP contribution in [0.15, 0.2) is 24.3 Å². The van der Waals surface area contributed by atoms with Crippen molar-refractivity contribution in [3.05, 3.63) is 29.8 Å². The van der Waals surface area contributed by atoms with Gasteiger partial charge >= 0.3 is 11.9 Å². The Bertz CT molecular complexity index is 473. The van der Waals surface area contributed by atoms with Gasteiger partial charge in [-0.2, -0.15) is 4.89 Å². The molecule has 0 heterocycles. The fourth-order valence-electron chi connectivity index (χ4n) is 1.11. The molecule has 1 aromatic carbocycles. The number of esters is 1. The van der Waals surface area contributed by atoms with E-state index in [0.717, 1.165) is 0 Å². The van der Waals surface area contributed by atoms with Gasteiger partial charge in [0.05, 0.1) is 12.7 Å². The summed E-state index contributed by atoms with van der Waals surface area (Å²) in [6.45, 7) is 4.98. The molecule has 0 aliphatic heterocycles. The average molecular weight is 298 g/mol. The summed E-state index contributed by atoms with van der Waals surface area (Å²) in [4.78, 5) is 31.4. The van der Waals surface area contributed by atoms with E-state index >= 15 is 0 Å². The number of ether oxygens (including phenoxy) is 2. The van der Waals surface area contributed by atoms with Gasteiger partial charge < -0.3 is 9.47 Å². The first-order valence-electron chi connectivity index (χ1n) is 6.18. The highest BCUT2D eigenvalue weighted by Crippen LogP contribution is 2.12. The van der Waals surface area contributed by atoms with E-state index in [0.29, 0.717) is 11.3 Å². The van der Waals surface area contributed by atoms with Crippen molar-refractivity contribution >= 4 is 11.9 Å². The summed E-state index contributed by atoms with van der Waals surface area (Å²) in [5.74, 6) is -1.80. The minimum atomic E-state index is -1.30. The molecule has 0 aliphatic rings. The zero-order valence-corrected chi connectivity index (χ0v) is 12.4. The monoisotopic (exact) mass is 298 g/mol. The smallest absolute Gasteiger partial charge is 0.453 e. The van der Waals surface area contributed by atoms with E-state index in [4.69, 9.17) is 9.47 Å². The van der Waals surface area contributed by atoms with E-state index < -0.39 is 17.5 Å². The van der Waals surface area contributed by atoms with E-state index in [-0.39, 0.29) is 6.61 Å². The number of hydrogen-bond donors (Lipinski definition) is 0.